The normalized spacial score (nSPS) is 24.8. The van der Waals surface area contributed by atoms with Gasteiger partial charge >= 0.3 is 7.82 Å². The number of hydrogen-bond donors (Lipinski definition) is 4. The number of aliphatic hydroxyl groups excluding tert-OH is 2. The smallest absolute Gasteiger partial charge is 0.387 e. The zero-order valence-corrected chi connectivity index (χ0v) is 16.4. The van der Waals surface area contributed by atoms with Gasteiger partial charge in [0.1, 0.15) is 30.2 Å². The van der Waals surface area contributed by atoms with E-state index in [-0.39, 0.29) is 0 Å². The molecule has 4 N–H and O–H groups in total. The minimum Gasteiger partial charge on any atom is -0.387 e. The molecule has 12 heteroatoms. The van der Waals surface area contributed by atoms with Crippen LogP contribution in [0.5, 0.6) is 0 Å². The molecule has 0 unspecified atom stereocenters. The molecule has 3 heterocycles. The van der Waals surface area contributed by atoms with Gasteiger partial charge in [-0.1, -0.05) is 36.4 Å². The molecule has 0 saturated carbocycles. The van der Waals surface area contributed by atoms with E-state index in [0.717, 1.165) is 5.56 Å². The van der Waals surface area contributed by atoms with Gasteiger partial charge in [-0.15, -0.1) is 0 Å². The van der Waals surface area contributed by atoms with E-state index in [1.807, 2.05) is 36.4 Å². The Labute approximate surface area is 170 Å². The predicted molar refractivity (Wildman–Crippen MR) is 105 cm³/mol. The summed E-state index contributed by atoms with van der Waals surface area (Å²) < 4.78 is 22.3. The van der Waals surface area contributed by atoms with Gasteiger partial charge in [-0.2, -0.15) is 0 Å². The Morgan fingerprint density at radius 3 is 2.60 bits per heavy atom. The average Bonchev–Trinajstić information content (AvgIpc) is 3.27. The Morgan fingerprint density at radius 2 is 1.87 bits per heavy atom. The molecule has 3 aromatic rings. The van der Waals surface area contributed by atoms with Crippen molar-refractivity contribution in [3.63, 3.8) is 0 Å². The summed E-state index contributed by atoms with van der Waals surface area (Å²) in [7, 11) is -4.74. The fraction of sp³-hybridized carbons (Fsp3) is 0.278. The Balaban J connectivity index is 1.59. The Bertz CT molecular complexity index is 1100. The minimum absolute atomic E-state index is 0.366. The topological polar surface area (TPSA) is 160 Å². The number of aromatic nitrogens is 4. The summed E-state index contributed by atoms with van der Waals surface area (Å²) in [5.41, 5.74) is 2.36. The first-order chi connectivity index (χ1) is 14.3. The number of phosphoric ester groups is 1. The van der Waals surface area contributed by atoms with Crippen LogP contribution in [0.2, 0.25) is 0 Å². The van der Waals surface area contributed by atoms with Crippen LogP contribution in [0.4, 0.5) is 0 Å². The first-order valence-corrected chi connectivity index (χ1v) is 10.5. The molecule has 1 saturated heterocycles. The predicted octanol–water partition coefficient (Wildman–Crippen LogP) is 0.725. The third-order valence-corrected chi connectivity index (χ3v) is 5.12. The lowest BCUT2D eigenvalue weighted by molar-refractivity contribution is -0.0504. The van der Waals surface area contributed by atoms with E-state index in [1.165, 1.54) is 17.2 Å². The minimum atomic E-state index is -4.74. The molecule has 1 aliphatic rings. The van der Waals surface area contributed by atoms with Gasteiger partial charge in [0.15, 0.2) is 11.9 Å². The van der Waals surface area contributed by atoms with Crippen molar-refractivity contribution in [2.24, 2.45) is 0 Å². The van der Waals surface area contributed by atoms with Gasteiger partial charge in [-0.3, -0.25) is 9.09 Å². The van der Waals surface area contributed by atoms with Gasteiger partial charge in [0.2, 0.25) is 0 Å². The number of fused-ring (bicyclic) bond motifs is 1. The fourth-order valence-electron chi connectivity index (χ4n) is 3.18. The maximum Gasteiger partial charge on any atom is 0.469 e. The summed E-state index contributed by atoms with van der Waals surface area (Å²) in [6.45, 7) is -0.592. The molecule has 0 bridgehead atoms. The highest BCUT2D eigenvalue weighted by atomic mass is 31.2. The maximum atomic E-state index is 10.9. The van der Waals surface area contributed by atoms with E-state index in [1.54, 1.807) is 6.08 Å². The first kappa shape index (κ1) is 20.8. The lowest BCUT2D eigenvalue weighted by Gasteiger charge is -2.16. The monoisotopic (exact) mass is 434 g/mol. The quantitative estimate of drug-likeness (QED) is 0.407. The number of benzene rings is 1. The van der Waals surface area contributed by atoms with Crippen LogP contribution in [0.15, 0.2) is 43.0 Å². The van der Waals surface area contributed by atoms with Crippen LogP contribution in [0, 0.1) is 0 Å². The standard InChI is InChI=1S/C18H19N4O7P/c23-15-13(8-28-30(25,26)27)29-18(16(15)24)22-10-21-14-12(19-9-20-17(14)22)7-6-11-4-2-1-3-5-11/h1-7,9-10,13,15-16,18,23-24H,8H2,(H2,25,26,27)/b7-6+/t13-,15-,16-,18-/m1/s1. The highest BCUT2D eigenvalue weighted by molar-refractivity contribution is 7.46. The summed E-state index contributed by atoms with van der Waals surface area (Å²) in [4.78, 5) is 30.4. The molecule has 2 aromatic heterocycles. The van der Waals surface area contributed by atoms with E-state index in [4.69, 9.17) is 14.5 Å². The van der Waals surface area contributed by atoms with Crippen molar-refractivity contribution in [2.45, 2.75) is 24.5 Å². The molecular weight excluding hydrogens is 415 g/mol. The fourth-order valence-corrected chi connectivity index (χ4v) is 3.53. The summed E-state index contributed by atoms with van der Waals surface area (Å²) in [5, 5.41) is 20.6. The lowest BCUT2D eigenvalue weighted by Crippen LogP contribution is -2.33. The van der Waals surface area contributed by atoms with Crippen molar-refractivity contribution in [3.8, 4) is 0 Å². The molecule has 1 aliphatic heterocycles. The number of aliphatic hydroxyl groups is 2. The highest BCUT2D eigenvalue weighted by Gasteiger charge is 2.45. The van der Waals surface area contributed by atoms with E-state index in [2.05, 4.69) is 19.5 Å². The van der Waals surface area contributed by atoms with Gasteiger partial charge in [-0.25, -0.2) is 19.5 Å². The van der Waals surface area contributed by atoms with Crippen molar-refractivity contribution in [3.05, 3.63) is 54.2 Å². The van der Waals surface area contributed by atoms with E-state index in [9.17, 15) is 14.8 Å². The van der Waals surface area contributed by atoms with Gasteiger partial charge in [-0.05, 0) is 11.6 Å². The van der Waals surface area contributed by atoms with E-state index < -0.39 is 39.0 Å². The van der Waals surface area contributed by atoms with Crippen LogP contribution >= 0.6 is 7.82 Å². The van der Waals surface area contributed by atoms with Crippen molar-refractivity contribution in [2.75, 3.05) is 6.61 Å². The van der Waals surface area contributed by atoms with E-state index in [0.29, 0.717) is 16.9 Å². The van der Waals surface area contributed by atoms with Gasteiger partial charge in [0.25, 0.3) is 0 Å². The number of imidazole rings is 1. The number of rotatable bonds is 6. The Kier molecular flexibility index (Phi) is 5.76. The molecule has 4 rings (SSSR count). The lowest BCUT2D eigenvalue weighted by atomic mass is 10.1. The molecule has 0 radical (unpaired) electrons. The molecule has 0 aliphatic carbocycles. The zero-order valence-electron chi connectivity index (χ0n) is 15.5. The first-order valence-electron chi connectivity index (χ1n) is 8.96. The number of hydrogen-bond acceptors (Lipinski definition) is 8. The SMILES string of the molecule is O=P(O)(O)OC[C@H]1O[C@@H](n2cnc3c(/C=C/c4ccccc4)ncnc32)[C@H](O)[C@@H]1O. The van der Waals surface area contributed by atoms with E-state index >= 15 is 0 Å². The molecule has 1 aromatic carbocycles. The van der Waals surface area contributed by atoms with Gasteiger partial charge < -0.3 is 24.7 Å². The number of ether oxygens (including phenoxy) is 1. The van der Waals surface area contributed by atoms with Crippen LogP contribution in [-0.2, 0) is 13.8 Å². The second kappa shape index (κ2) is 8.32. The second-order valence-corrected chi connectivity index (χ2v) is 7.90. The van der Waals surface area contributed by atoms with Crippen LogP contribution in [-0.4, -0.2) is 64.4 Å². The summed E-state index contributed by atoms with van der Waals surface area (Å²) in [6, 6.07) is 9.64. The largest absolute Gasteiger partial charge is 0.469 e. The molecule has 0 amide bonds. The Morgan fingerprint density at radius 1 is 1.10 bits per heavy atom. The third kappa shape index (κ3) is 4.32. The highest BCUT2D eigenvalue weighted by Crippen LogP contribution is 2.38. The van der Waals surface area contributed by atoms with Crippen LogP contribution < -0.4 is 0 Å². The molecule has 30 heavy (non-hydrogen) atoms. The average molecular weight is 434 g/mol. The molecule has 158 valence electrons. The van der Waals surface area contributed by atoms with Crippen LogP contribution in [0.3, 0.4) is 0 Å². The number of phosphoric acid groups is 1. The Hall–Kier alpha value is -2.50. The van der Waals surface area contributed by atoms with Crippen LogP contribution in [0.25, 0.3) is 23.3 Å². The number of nitrogens with zero attached hydrogens (tertiary/aromatic N) is 4. The molecule has 4 atom stereocenters. The summed E-state index contributed by atoms with van der Waals surface area (Å²) in [5.74, 6) is 0. The van der Waals surface area contributed by atoms with Gasteiger partial charge in [0.05, 0.1) is 18.6 Å². The van der Waals surface area contributed by atoms with Crippen molar-refractivity contribution >= 4 is 31.1 Å². The third-order valence-electron chi connectivity index (χ3n) is 4.64. The zero-order chi connectivity index (χ0) is 21.3. The molecular formula is C18H19N4O7P. The maximum absolute atomic E-state index is 10.9. The van der Waals surface area contributed by atoms with Crippen molar-refractivity contribution in [1.29, 1.82) is 0 Å². The molecule has 0 spiro atoms. The molecule has 1 fully saturated rings. The van der Waals surface area contributed by atoms with Crippen molar-refractivity contribution in [1.82, 2.24) is 19.5 Å². The second-order valence-electron chi connectivity index (χ2n) is 6.66. The van der Waals surface area contributed by atoms with Crippen molar-refractivity contribution < 1.29 is 33.8 Å². The van der Waals surface area contributed by atoms with Crippen LogP contribution in [0.1, 0.15) is 17.5 Å². The summed E-state index contributed by atoms with van der Waals surface area (Å²) >= 11 is 0. The van der Waals surface area contributed by atoms with Gasteiger partial charge in [0, 0.05) is 0 Å². The molecule has 11 nitrogen and oxygen atoms in total. The summed E-state index contributed by atoms with van der Waals surface area (Å²) in [6.07, 6.45) is 1.38.